The van der Waals surface area contributed by atoms with Crippen LogP contribution in [0.1, 0.15) is 24.4 Å². The van der Waals surface area contributed by atoms with E-state index in [1.807, 2.05) is 6.07 Å². The third kappa shape index (κ3) is 1.41. The lowest BCUT2D eigenvalue weighted by molar-refractivity contribution is 0.631. The van der Waals surface area contributed by atoms with Crippen LogP contribution in [0, 0.1) is 5.92 Å². The summed E-state index contributed by atoms with van der Waals surface area (Å²) in [6.07, 6.45) is 5.94. The monoisotopic (exact) mass is 163 g/mol. The van der Waals surface area contributed by atoms with Gasteiger partial charge < -0.3 is 11.5 Å². The van der Waals surface area contributed by atoms with Gasteiger partial charge in [-0.2, -0.15) is 0 Å². The lowest BCUT2D eigenvalue weighted by Gasteiger charge is -2.09. The lowest BCUT2D eigenvalue weighted by Crippen LogP contribution is -2.12. The number of hydrogen-bond donors (Lipinski definition) is 2. The van der Waals surface area contributed by atoms with Crippen LogP contribution in [0.3, 0.4) is 0 Å². The van der Waals surface area contributed by atoms with Crippen molar-refractivity contribution in [1.29, 1.82) is 0 Å². The molecule has 3 heteroatoms. The van der Waals surface area contributed by atoms with E-state index in [0.717, 1.165) is 5.56 Å². The Morgan fingerprint density at radius 3 is 2.75 bits per heavy atom. The maximum Gasteiger partial charge on any atom is 0.0503 e. The summed E-state index contributed by atoms with van der Waals surface area (Å²) in [4.78, 5) is 4.01. The molecule has 1 aromatic heterocycles. The number of aromatic nitrogens is 1. The van der Waals surface area contributed by atoms with E-state index in [9.17, 15) is 0 Å². The first kappa shape index (κ1) is 7.55. The molecule has 0 bridgehead atoms. The molecule has 0 spiro atoms. The van der Waals surface area contributed by atoms with Crippen LogP contribution >= 0.6 is 0 Å². The molecule has 0 aliphatic heterocycles. The van der Waals surface area contributed by atoms with Crippen LogP contribution in [0.4, 0.5) is 5.69 Å². The highest BCUT2D eigenvalue weighted by Crippen LogP contribution is 2.39. The highest BCUT2D eigenvalue weighted by Gasteiger charge is 2.29. The first-order chi connectivity index (χ1) is 5.77. The van der Waals surface area contributed by atoms with Crippen molar-refractivity contribution in [2.24, 2.45) is 11.7 Å². The van der Waals surface area contributed by atoms with E-state index in [4.69, 9.17) is 11.5 Å². The molecule has 3 nitrogen and oxygen atoms in total. The first-order valence-corrected chi connectivity index (χ1v) is 4.23. The van der Waals surface area contributed by atoms with Crippen molar-refractivity contribution < 1.29 is 0 Å². The van der Waals surface area contributed by atoms with Crippen molar-refractivity contribution >= 4 is 5.69 Å². The van der Waals surface area contributed by atoms with Crippen molar-refractivity contribution in [3.63, 3.8) is 0 Å². The maximum absolute atomic E-state index is 5.97. The minimum Gasteiger partial charge on any atom is -0.397 e. The van der Waals surface area contributed by atoms with Gasteiger partial charge in [-0.15, -0.1) is 0 Å². The summed E-state index contributed by atoms with van der Waals surface area (Å²) in [5, 5.41) is 0. The maximum atomic E-state index is 5.97. The fourth-order valence-corrected chi connectivity index (χ4v) is 1.39. The minimum absolute atomic E-state index is 0.140. The minimum atomic E-state index is 0.140. The number of hydrogen-bond acceptors (Lipinski definition) is 3. The smallest absolute Gasteiger partial charge is 0.0503 e. The average molecular weight is 163 g/mol. The normalized spacial score (nSPS) is 19.1. The standard InChI is InChI=1S/C9H13N3/c10-8-3-7(4-12-5-8)9(11)6-1-2-6/h3-6,9H,1-2,10-11H2. The number of nitrogens with two attached hydrogens (primary N) is 2. The Hall–Kier alpha value is -1.09. The van der Waals surface area contributed by atoms with E-state index in [1.165, 1.54) is 12.8 Å². The summed E-state index contributed by atoms with van der Waals surface area (Å²) in [6.45, 7) is 0. The van der Waals surface area contributed by atoms with Crippen molar-refractivity contribution in [3.8, 4) is 0 Å². The fourth-order valence-electron chi connectivity index (χ4n) is 1.39. The fraction of sp³-hybridized carbons (Fsp3) is 0.444. The van der Waals surface area contributed by atoms with E-state index >= 15 is 0 Å². The van der Waals surface area contributed by atoms with Crippen LogP contribution in [0.5, 0.6) is 0 Å². The zero-order valence-electron chi connectivity index (χ0n) is 6.90. The molecule has 0 amide bonds. The summed E-state index contributed by atoms with van der Waals surface area (Å²) < 4.78 is 0. The Morgan fingerprint density at radius 1 is 1.42 bits per heavy atom. The summed E-state index contributed by atoms with van der Waals surface area (Å²) in [5.74, 6) is 0.661. The second kappa shape index (κ2) is 2.75. The van der Waals surface area contributed by atoms with E-state index in [-0.39, 0.29) is 6.04 Å². The second-order valence-corrected chi connectivity index (χ2v) is 3.41. The molecule has 1 fully saturated rings. The zero-order valence-corrected chi connectivity index (χ0v) is 6.90. The molecule has 1 aromatic rings. The SMILES string of the molecule is Nc1cncc(C(N)C2CC2)c1. The first-order valence-electron chi connectivity index (χ1n) is 4.23. The van der Waals surface area contributed by atoms with Gasteiger partial charge in [0, 0.05) is 18.4 Å². The molecule has 64 valence electrons. The van der Waals surface area contributed by atoms with E-state index in [0.29, 0.717) is 11.6 Å². The van der Waals surface area contributed by atoms with Gasteiger partial charge >= 0.3 is 0 Å². The second-order valence-electron chi connectivity index (χ2n) is 3.41. The molecular weight excluding hydrogens is 150 g/mol. The molecule has 2 rings (SSSR count). The molecule has 1 atom stereocenters. The number of anilines is 1. The zero-order chi connectivity index (χ0) is 8.55. The summed E-state index contributed by atoms with van der Waals surface area (Å²) in [7, 11) is 0. The van der Waals surface area contributed by atoms with E-state index in [2.05, 4.69) is 4.98 Å². The van der Waals surface area contributed by atoms with Crippen molar-refractivity contribution in [3.05, 3.63) is 24.0 Å². The number of nitrogens with zero attached hydrogens (tertiary/aromatic N) is 1. The Morgan fingerprint density at radius 2 is 2.17 bits per heavy atom. The molecule has 1 aliphatic carbocycles. The van der Waals surface area contributed by atoms with Crippen LogP contribution in [0.2, 0.25) is 0 Å². The molecular formula is C9H13N3. The van der Waals surface area contributed by atoms with Gasteiger partial charge in [0.2, 0.25) is 0 Å². The topological polar surface area (TPSA) is 64.9 Å². The summed E-state index contributed by atoms with van der Waals surface area (Å²) in [6, 6.07) is 2.05. The predicted molar refractivity (Wildman–Crippen MR) is 48.3 cm³/mol. The summed E-state index contributed by atoms with van der Waals surface area (Å²) in [5.41, 5.74) is 13.3. The quantitative estimate of drug-likeness (QED) is 0.685. The van der Waals surface area contributed by atoms with E-state index < -0.39 is 0 Å². The van der Waals surface area contributed by atoms with Gasteiger partial charge in [0.05, 0.1) is 5.69 Å². The van der Waals surface area contributed by atoms with Gasteiger partial charge in [-0.3, -0.25) is 4.98 Å². The van der Waals surface area contributed by atoms with Gasteiger partial charge in [0.15, 0.2) is 0 Å². The Kier molecular flexibility index (Phi) is 1.73. The van der Waals surface area contributed by atoms with Gasteiger partial charge in [-0.05, 0) is 30.4 Å². The highest BCUT2D eigenvalue weighted by molar-refractivity contribution is 5.38. The predicted octanol–water partition coefficient (Wildman–Crippen LogP) is 1.07. The van der Waals surface area contributed by atoms with Crippen LogP contribution in [0.25, 0.3) is 0 Å². The highest BCUT2D eigenvalue weighted by atomic mass is 14.7. The third-order valence-electron chi connectivity index (χ3n) is 2.30. The molecule has 4 N–H and O–H groups in total. The van der Waals surface area contributed by atoms with Gasteiger partial charge in [-0.1, -0.05) is 0 Å². The van der Waals surface area contributed by atoms with Gasteiger partial charge in [-0.25, -0.2) is 0 Å². The van der Waals surface area contributed by atoms with Crippen LogP contribution in [-0.4, -0.2) is 4.98 Å². The van der Waals surface area contributed by atoms with Crippen LogP contribution in [0.15, 0.2) is 18.5 Å². The molecule has 0 aromatic carbocycles. The van der Waals surface area contributed by atoms with Crippen molar-refractivity contribution in [2.45, 2.75) is 18.9 Å². The number of nitrogen functional groups attached to an aromatic ring is 1. The largest absolute Gasteiger partial charge is 0.397 e. The Labute approximate surface area is 71.8 Å². The average Bonchev–Trinajstić information content (AvgIpc) is 2.85. The van der Waals surface area contributed by atoms with Gasteiger partial charge in [0.25, 0.3) is 0 Å². The lowest BCUT2D eigenvalue weighted by atomic mass is 10.1. The van der Waals surface area contributed by atoms with Gasteiger partial charge in [0.1, 0.15) is 0 Å². The number of rotatable bonds is 2. The molecule has 1 saturated carbocycles. The third-order valence-corrected chi connectivity index (χ3v) is 2.30. The molecule has 0 saturated heterocycles. The molecule has 1 unspecified atom stereocenters. The molecule has 12 heavy (non-hydrogen) atoms. The Balaban J connectivity index is 2.20. The van der Waals surface area contributed by atoms with Crippen LogP contribution in [-0.2, 0) is 0 Å². The Bertz CT molecular complexity index is 281. The van der Waals surface area contributed by atoms with Crippen molar-refractivity contribution in [2.75, 3.05) is 5.73 Å². The van der Waals surface area contributed by atoms with E-state index in [1.54, 1.807) is 12.4 Å². The molecule has 1 aliphatic rings. The molecule has 1 heterocycles. The molecule has 0 radical (unpaired) electrons. The van der Waals surface area contributed by atoms with Crippen LogP contribution < -0.4 is 11.5 Å². The summed E-state index contributed by atoms with van der Waals surface area (Å²) >= 11 is 0. The number of pyridine rings is 1. The van der Waals surface area contributed by atoms with Crippen molar-refractivity contribution in [1.82, 2.24) is 4.98 Å².